The van der Waals surface area contributed by atoms with Gasteiger partial charge in [-0.15, -0.1) is 11.3 Å². The fraction of sp³-hybridized carbons (Fsp3) is 0.296. The van der Waals surface area contributed by atoms with Crippen molar-refractivity contribution in [1.29, 1.82) is 0 Å². The standard InChI is InChI=1S/C27H28ClN3O3S2/c1-36(33,34)22-8-4-7-20(14-22)26-11-12-27(35-26)25-15-21(17-30-13-5-6-19(16-30)18-32)29-31(25)24-10-3-2-9-23(24)28/h2-4,7-12,14-15,19,32H,5-6,13,16-18H2,1H3. The van der Waals surface area contributed by atoms with Gasteiger partial charge in [-0.05, 0) is 73.3 Å². The summed E-state index contributed by atoms with van der Waals surface area (Å²) in [6, 6.07) is 20.9. The second-order valence-corrected chi connectivity index (χ2v) is 12.8. The first-order valence-corrected chi connectivity index (χ1v) is 15.0. The molecule has 0 spiro atoms. The number of hydrogen-bond acceptors (Lipinski definition) is 6. The molecule has 0 amide bonds. The van der Waals surface area contributed by atoms with Gasteiger partial charge in [-0.1, -0.05) is 35.9 Å². The molecule has 1 fully saturated rings. The molecule has 2 aromatic carbocycles. The van der Waals surface area contributed by atoms with Crippen LogP contribution in [0.3, 0.4) is 0 Å². The average molecular weight is 542 g/mol. The Morgan fingerprint density at radius 2 is 1.89 bits per heavy atom. The third-order valence-electron chi connectivity index (χ3n) is 6.49. The molecule has 0 bridgehead atoms. The van der Waals surface area contributed by atoms with E-state index in [9.17, 15) is 13.5 Å². The first-order chi connectivity index (χ1) is 17.3. The Labute approximate surface area is 220 Å². The number of hydrogen-bond donors (Lipinski definition) is 1. The normalized spacial score (nSPS) is 16.9. The quantitative estimate of drug-likeness (QED) is 0.333. The van der Waals surface area contributed by atoms with Crippen molar-refractivity contribution in [3.63, 3.8) is 0 Å². The van der Waals surface area contributed by atoms with Gasteiger partial charge in [0.05, 0.1) is 31.9 Å². The molecular formula is C27H28ClN3O3S2. The topological polar surface area (TPSA) is 75.4 Å². The van der Waals surface area contributed by atoms with Crippen molar-refractivity contribution in [3.05, 3.63) is 77.4 Å². The zero-order chi connectivity index (χ0) is 25.3. The second-order valence-electron chi connectivity index (χ2n) is 9.27. The zero-order valence-corrected chi connectivity index (χ0v) is 22.4. The van der Waals surface area contributed by atoms with Crippen LogP contribution in [0, 0.1) is 5.92 Å². The number of aliphatic hydroxyl groups is 1. The molecule has 1 atom stereocenters. The van der Waals surface area contributed by atoms with Gasteiger partial charge in [0.25, 0.3) is 0 Å². The Morgan fingerprint density at radius 3 is 2.67 bits per heavy atom. The summed E-state index contributed by atoms with van der Waals surface area (Å²) in [5.74, 6) is 0.312. The first kappa shape index (κ1) is 25.2. The number of aliphatic hydroxyl groups excluding tert-OH is 1. The largest absolute Gasteiger partial charge is 0.396 e. The summed E-state index contributed by atoms with van der Waals surface area (Å²) in [4.78, 5) is 4.65. The van der Waals surface area contributed by atoms with Gasteiger partial charge in [-0.2, -0.15) is 5.10 Å². The Balaban J connectivity index is 1.52. The summed E-state index contributed by atoms with van der Waals surface area (Å²) in [6.45, 7) is 2.78. The molecule has 9 heteroatoms. The van der Waals surface area contributed by atoms with Crippen LogP contribution in [0.1, 0.15) is 18.5 Å². The van der Waals surface area contributed by atoms with Crippen LogP contribution in [-0.4, -0.2) is 54.2 Å². The number of aromatic nitrogens is 2. The highest BCUT2D eigenvalue weighted by atomic mass is 35.5. The lowest BCUT2D eigenvalue weighted by Gasteiger charge is -2.31. The van der Waals surface area contributed by atoms with Gasteiger partial charge in [0.15, 0.2) is 9.84 Å². The van der Waals surface area contributed by atoms with Gasteiger partial charge in [0, 0.05) is 30.8 Å². The number of nitrogens with zero attached hydrogens (tertiary/aromatic N) is 3. The number of piperidine rings is 1. The third-order valence-corrected chi connectivity index (χ3v) is 9.08. The van der Waals surface area contributed by atoms with Gasteiger partial charge >= 0.3 is 0 Å². The monoisotopic (exact) mass is 541 g/mol. The van der Waals surface area contributed by atoms with E-state index >= 15 is 0 Å². The lowest BCUT2D eigenvalue weighted by molar-refractivity contribution is 0.115. The Bertz CT molecular complexity index is 1480. The molecule has 3 heterocycles. The number of thiophene rings is 1. The van der Waals surface area contributed by atoms with Crippen molar-refractivity contribution < 1.29 is 13.5 Å². The summed E-state index contributed by atoms with van der Waals surface area (Å²) in [5, 5.41) is 15.2. The highest BCUT2D eigenvalue weighted by molar-refractivity contribution is 7.90. The highest BCUT2D eigenvalue weighted by Crippen LogP contribution is 2.37. The molecule has 1 aliphatic rings. The molecular weight excluding hydrogens is 514 g/mol. The van der Waals surface area contributed by atoms with Gasteiger partial charge < -0.3 is 5.11 Å². The minimum atomic E-state index is -3.29. The molecule has 1 aliphatic heterocycles. The maximum Gasteiger partial charge on any atom is 0.175 e. The van der Waals surface area contributed by atoms with Crippen LogP contribution in [0.15, 0.2) is 71.6 Å². The van der Waals surface area contributed by atoms with Crippen molar-refractivity contribution in [2.75, 3.05) is 26.0 Å². The Hall–Kier alpha value is -2.49. The van der Waals surface area contributed by atoms with E-state index in [1.54, 1.807) is 29.5 Å². The van der Waals surface area contributed by atoms with Gasteiger partial charge in [-0.3, -0.25) is 4.90 Å². The van der Waals surface area contributed by atoms with Crippen LogP contribution < -0.4 is 0 Å². The summed E-state index contributed by atoms with van der Waals surface area (Å²) in [6.07, 6.45) is 3.36. The lowest BCUT2D eigenvalue weighted by Crippen LogP contribution is -2.36. The molecule has 1 unspecified atom stereocenters. The van der Waals surface area contributed by atoms with Crippen molar-refractivity contribution in [2.24, 2.45) is 5.92 Å². The number of likely N-dealkylation sites (tertiary alicyclic amines) is 1. The maximum atomic E-state index is 12.0. The van der Waals surface area contributed by atoms with Gasteiger partial charge in [0.1, 0.15) is 0 Å². The maximum absolute atomic E-state index is 12.0. The van der Waals surface area contributed by atoms with Crippen molar-refractivity contribution >= 4 is 32.8 Å². The van der Waals surface area contributed by atoms with E-state index in [0.717, 1.165) is 58.3 Å². The molecule has 36 heavy (non-hydrogen) atoms. The fourth-order valence-electron chi connectivity index (χ4n) is 4.67. The Kier molecular flexibility index (Phi) is 7.32. The van der Waals surface area contributed by atoms with Gasteiger partial charge in [0.2, 0.25) is 0 Å². The second kappa shape index (κ2) is 10.5. The molecule has 1 N–H and O–H groups in total. The predicted molar refractivity (Wildman–Crippen MR) is 146 cm³/mol. The van der Waals surface area contributed by atoms with Crippen molar-refractivity contribution in [1.82, 2.24) is 14.7 Å². The van der Waals surface area contributed by atoms with E-state index in [1.807, 2.05) is 47.1 Å². The number of halogens is 1. The SMILES string of the molecule is CS(=O)(=O)c1cccc(-c2ccc(-c3cc(CN4CCCC(CO)C4)nn3-c3ccccc3Cl)s2)c1. The van der Waals surface area contributed by atoms with Crippen molar-refractivity contribution in [3.8, 4) is 26.7 Å². The van der Waals surface area contributed by atoms with Crippen LogP contribution in [0.2, 0.25) is 5.02 Å². The van der Waals surface area contributed by atoms with E-state index in [4.69, 9.17) is 16.7 Å². The summed E-state index contributed by atoms with van der Waals surface area (Å²) < 4.78 is 26.0. The molecule has 188 valence electrons. The Morgan fingerprint density at radius 1 is 1.08 bits per heavy atom. The average Bonchev–Trinajstić information content (AvgIpc) is 3.52. The zero-order valence-electron chi connectivity index (χ0n) is 20.0. The van der Waals surface area contributed by atoms with Crippen LogP contribution in [0.4, 0.5) is 0 Å². The van der Waals surface area contributed by atoms with Crippen LogP contribution >= 0.6 is 22.9 Å². The van der Waals surface area contributed by atoms with E-state index in [1.165, 1.54) is 6.26 Å². The van der Waals surface area contributed by atoms with Gasteiger partial charge in [-0.25, -0.2) is 13.1 Å². The third kappa shape index (κ3) is 5.43. The molecule has 0 saturated carbocycles. The molecule has 5 rings (SSSR count). The van der Waals surface area contributed by atoms with E-state index in [-0.39, 0.29) is 6.61 Å². The van der Waals surface area contributed by atoms with Crippen LogP contribution in [0.25, 0.3) is 26.7 Å². The molecule has 0 radical (unpaired) electrons. The summed E-state index contributed by atoms with van der Waals surface area (Å²) >= 11 is 8.16. The molecule has 0 aliphatic carbocycles. The molecule has 2 aromatic heterocycles. The van der Waals surface area contributed by atoms with Crippen molar-refractivity contribution in [2.45, 2.75) is 24.3 Å². The first-order valence-electron chi connectivity index (χ1n) is 11.9. The summed E-state index contributed by atoms with van der Waals surface area (Å²) in [7, 11) is -3.29. The fourth-order valence-corrected chi connectivity index (χ4v) is 6.56. The van der Waals surface area contributed by atoms with Crippen LogP contribution in [-0.2, 0) is 16.4 Å². The number of benzene rings is 2. The van der Waals surface area contributed by atoms with E-state index in [2.05, 4.69) is 11.0 Å². The van der Waals surface area contributed by atoms with Crippen LogP contribution in [0.5, 0.6) is 0 Å². The number of sulfone groups is 1. The van der Waals surface area contributed by atoms with E-state index < -0.39 is 9.84 Å². The number of para-hydroxylation sites is 1. The predicted octanol–water partition coefficient (Wildman–Crippen LogP) is 5.53. The number of rotatable bonds is 7. The molecule has 6 nitrogen and oxygen atoms in total. The molecule has 1 saturated heterocycles. The lowest BCUT2D eigenvalue weighted by atomic mass is 9.99. The smallest absolute Gasteiger partial charge is 0.175 e. The minimum absolute atomic E-state index is 0.217. The van der Waals surface area contributed by atoms with E-state index in [0.29, 0.717) is 22.4 Å². The summed E-state index contributed by atoms with van der Waals surface area (Å²) in [5.41, 5.74) is 3.55. The minimum Gasteiger partial charge on any atom is -0.396 e. The highest BCUT2D eigenvalue weighted by Gasteiger charge is 2.22. The molecule has 4 aromatic rings.